The second kappa shape index (κ2) is 13.9. The molecule has 0 aromatic heterocycles. The molecule has 0 spiro atoms. The molecule has 0 bridgehead atoms. The van der Waals surface area contributed by atoms with Crippen molar-refractivity contribution in [3.05, 3.63) is 0 Å². The van der Waals surface area contributed by atoms with Crippen LogP contribution in [-0.4, -0.2) is 20.5 Å². The summed E-state index contributed by atoms with van der Waals surface area (Å²) in [6, 6.07) is 0. The summed E-state index contributed by atoms with van der Waals surface area (Å²) in [6.45, 7) is 2.24. The van der Waals surface area contributed by atoms with Crippen molar-refractivity contribution in [2.45, 2.75) is 71.0 Å². The number of rotatable bonds is 13. The third kappa shape index (κ3) is 12.1. The first kappa shape index (κ1) is 16.8. The van der Waals surface area contributed by atoms with E-state index in [4.69, 9.17) is 9.78 Å². The van der Waals surface area contributed by atoms with Crippen molar-refractivity contribution in [2.24, 2.45) is 0 Å². The van der Waals surface area contributed by atoms with Crippen LogP contribution in [0.4, 0.5) is 0 Å². The minimum Gasteiger partial charge on any atom is -0.237 e. The summed E-state index contributed by atoms with van der Waals surface area (Å²) in [5, 5.41) is 0. The fraction of sp³-hybridized carbons (Fsp3) is 1.00. The minimum absolute atomic E-state index is 0.412. The third-order valence-corrected chi connectivity index (χ3v) is 2.70. The number of unbranched alkanes of at least 4 members (excludes halogenated alkanes) is 7. The van der Waals surface area contributed by atoms with E-state index in [1.807, 2.05) is 0 Å². The summed E-state index contributed by atoms with van der Waals surface area (Å²) in [4.78, 5) is 18.9. The predicted molar refractivity (Wildman–Crippen MR) is 67.2 cm³/mol. The fourth-order valence-corrected chi connectivity index (χ4v) is 1.77. The summed E-state index contributed by atoms with van der Waals surface area (Å²) in [5.41, 5.74) is 0. The van der Waals surface area contributed by atoms with Crippen LogP contribution < -0.4 is 0 Å². The lowest BCUT2D eigenvalue weighted by molar-refractivity contribution is -0.449. The summed E-state index contributed by atoms with van der Waals surface area (Å²) < 4.78 is 0. The fourth-order valence-electron chi connectivity index (χ4n) is 1.77. The van der Waals surface area contributed by atoms with Gasteiger partial charge in [-0.2, -0.15) is 0 Å². The van der Waals surface area contributed by atoms with Gasteiger partial charge >= 0.3 is 0 Å². The van der Waals surface area contributed by atoms with Gasteiger partial charge in [0.15, 0.2) is 0 Å². The van der Waals surface area contributed by atoms with Gasteiger partial charge in [0, 0.05) is 6.42 Å². The third-order valence-electron chi connectivity index (χ3n) is 2.70. The van der Waals surface area contributed by atoms with Crippen LogP contribution in [0.1, 0.15) is 64.7 Å². The van der Waals surface area contributed by atoms with Crippen molar-refractivity contribution in [1.29, 1.82) is 0 Å². The van der Waals surface area contributed by atoms with Crippen molar-refractivity contribution in [3.8, 4) is 0 Å². The van der Waals surface area contributed by atoms with Gasteiger partial charge in [0.2, 0.25) is 6.29 Å². The Morgan fingerprint density at radius 1 is 0.706 bits per heavy atom. The highest BCUT2D eigenvalue weighted by Crippen LogP contribution is 2.12. The summed E-state index contributed by atoms with van der Waals surface area (Å²) in [7, 11) is 2.94. The minimum atomic E-state index is -0.412. The molecule has 0 aliphatic heterocycles. The molecule has 104 valence electrons. The second-order valence-corrected chi connectivity index (χ2v) is 4.22. The molecule has 4 heteroatoms. The molecule has 0 saturated heterocycles. The van der Waals surface area contributed by atoms with Gasteiger partial charge in [-0.1, -0.05) is 51.9 Å². The van der Waals surface area contributed by atoms with E-state index >= 15 is 0 Å². The Balaban J connectivity index is 3.23. The van der Waals surface area contributed by atoms with Gasteiger partial charge in [0.25, 0.3) is 0 Å². The molecule has 0 aromatic rings. The number of hydrogen-bond donors (Lipinski definition) is 0. The highest BCUT2D eigenvalue weighted by atomic mass is 17.3. The zero-order valence-corrected chi connectivity index (χ0v) is 11.6. The maximum atomic E-state index is 4.89. The van der Waals surface area contributed by atoms with E-state index in [9.17, 15) is 0 Å². The molecule has 0 fully saturated rings. The first-order valence-electron chi connectivity index (χ1n) is 6.74. The highest BCUT2D eigenvalue weighted by Gasteiger charge is 2.10. The van der Waals surface area contributed by atoms with Crippen LogP contribution in [0.5, 0.6) is 0 Å². The van der Waals surface area contributed by atoms with E-state index in [0.29, 0.717) is 0 Å². The number of hydrogen-bond acceptors (Lipinski definition) is 4. The van der Waals surface area contributed by atoms with Crippen molar-refractivity contribution in [3.63, 3.8) is 0 Å². The van der Waals surface area contributed by atoms with E-state index in [2.05, 4.69) is 16.7 Å². The van der Waals surface area contributed by atoms with Gasteiger partial charge in [-0.25, -0.2) is 19.6 Å². The molecule has 0 aliphatic rings. The average Bonchev–Trinajstić information content (AvgIpc) is 2.33. The summed E-state index contributed by atoms with van der Waals surface area (Å²) in [6.07, 6.45) is 10.7. The molecule has 0 rings (SSSR count). The molecule has 17 heavy (non-hydrogen) atoms. The average molecular weight is 248 g/mol. The van der Waals surface area contributed by atoms with Crippen LogP contribution in [0.15, 0.2) is 0 Å². The van der Waals surface area contributed by atoms with Gasteiger partial charge in [-0.15, -0.1) is 0 Å². The summed E-state index contributed by atoms with van der Waals surface area (Å²) in [5.74, 6) is 0. The van der Waals surface area contributed by atoms with Crippen molar-refractivity contribution < 1.29 is 19.6 Å². The van der Waals surface area contributed by atoms with Crippen LogP contribution in [-0.2, 0) is 19.6 Å². The quantitative estimate of drug-likeness (QED) is 0.214. The largest absolute Gasteiger partial charge is 0.237 e. The maximum Gasteiger partial charge on any atom is 0.224 e. The van der Waals surface area contributed by atoms with Crippen LogP contribution in [0.3, 0.4) is 0 Å². The van der Waals surface area contributed by atoms with E-state index in [-0.39, 0.29) is 0 Å². The van der Waals surface area contributed by atoms with Gasteiger partial charge in [-0.3, -0.25) is 0 Å². The van der Waals surface area contributed by atoms with Gasteiger partial charge < -0.3 is 0 Å². The smallest absolute Gasteiger partial charge is 0.224 e. The molecule has 0 heterocycles. The maximum absolute atomic E-state index is 4.89. The van der Waals surface area contributed by atoms with Crippen LogP contribution in [0.2, 0.25) is 0 Å². The molecule has 4 nitrogen and oxygen atoms in total. The Kier molecular flexibility index (Phi) is 13.8. The molecule has 0 radical (unpaired) electrons. The highest BCUT2D eigenvalue weighted by molar-refractivity contribution is 4.48. The molecular weight excluding hydrogens is 220 g/mol. The Bertz CT molecular complexity index is 135. The van der Waals surface area contributed by atoms with Crippen LogP contribution in [0.25, 0.3) is 0 Å². The van der Waals surface area contributed by atoms with E-state index < -0.39 is 6.29 Å². The van der Waals surface area contributed by atoms with E-state index in [0.717, 1.165) is 12.8 Å². The second-order valence-electron chi connectivity index (χ2n) is 4.22. The van der Waals surface area contributed by atoms with Crippen molar-refractivity contribution in [2.75, 3.05) is 14.2 Å². The zero-order chi connectivity index (χ0) is 12.8. The van der Waals surface area contributed by atoms with Crippen molar-refractivity contribution in [1.82, 2.24) is 0 Å². The standard InChI is InChI=1S/C13H28O4/c1-4-5-6-7-8-9-10-11-12-13(16-14-2)17-15-3/h13H,4-12H2,1-3H3. The lowest BCUT2D eigenvalue weighted by Gasteiger charge is -2.13. The van der Waals surface area contributed by atoms with Crippen LogP contribution in [0, 0.1) is 0 Å². The lowest BCUT2D eigenvalue weighted by atomic mass is 10.1. The monoisotopic (exact) mass is 248 g/mol. The molecule has 0 amide bonds. The molecule has 0 saturated carbocycles. The van der Waals surface area contributed by atoms with Gasteiger partial charge in [-0.05, 0) is 6.42 Å². The molecule has 0 unspecified atom stereocenters. The Morgan fingerprint density at radius 3 is 1.65 bits per heavy atom. The van der Waals surface area contributed by atoms with E-state index in [1.54, 1.807) is 0 Å². The predicted octanol–water partition coefficient (Wildman–Crippen LogP) is 4.00. The Labute approximate surface area is 105 Å². The lowest BCUT2D eigenvalue weighted by Crippen LogP contribution is -2.16. The SMILES string of the molecule is CCCCCCCCCCC(OOC)OOC. The first-order chi connectivity index (χ1) is 8.35. The van der Waals surface area contributed by atoms with Crippen LogP contribution >= 0.6 is 0 Å². The normalized spacial score (nSPS) is 11.3. The molecular formula is C13H28O4. The Hall–Kier alpha value is -0.160. The first-order valence-corrected chi connectivity index (χ1v) is 6.74. The van der Waals surface area contributed by atoms with Gasteiger partial charge in [0.1, 0.15) is 0 Å². The summed E-state index contributed by atoms with van der Waals surface area (Å²) >= 11 is 0. The molecule has 0 aliphatic carbocycles. The van der Waals surface area contributed by atoms with E-state index in [1.165, 1.54) is 59.2 Å². The molecule has 0 atom stereocenters. The van der Waals surface area contributed by atoms with Crippen molar-refractivity contribution >= 4 is 0 Å². The zero-order valence-electron chi connectivity index (χ0n) is 11.6. The Morgan fingerprint density at radius 2 is 1.18 bits per heavy atom. The molecule has 0 aromatic carbocycles. The molecule has 0 N–H and O–H groups in total. The topological polar surface area (TPSA) is 36.9 Å². The van der Waals surface area contributed by atoms with Gasteiger partial charge in [0.05, 0.1) is 14.2 Å².